The van der Waals surface area contributed by atoms with E-state index in [1.54, 1.807) is 0 Å². The summed E-state index contributed by atoms with van der Waals surface area (Å²) in [5.41, 5.74) is 2.55. The summed E-state index contributed by atoms with van der Waals surface area (Å²) in [5.74, 6) is 1.37. The maximum Gasteiger partial charge on any atom is 0.255 e. The topological polar surface area (TPSA) is 89.1 Å². The van der Waals surface area contributed by atoms with Crippen LogP contribution in [0.25, 0.3) is 10.8 Å². The Labute approximate surface area is 248 Å². The molecular weight excluding hydrogens is 530 g/mol. The molecule has 2 fully saturated rings. The van der Waals surface area contributed by atoms with Crippen molar-refractivity contribution in [2.75, 3.05) is 58.4 Å². The van der Waals surface area contributed by atoms with E-state index < -0.39 is 0 Å². The maximum absolute atomic E-state index is 13.5. The highest BCUT2D eigenvalue weighted by molar-refractivity contribution is 6.03. The van der Waals surface area contributed by atoms with Gasteiger partial charge in [0.1, 0.15) is 12.4 Å². The fourth-order valence-corrected chi connectivity index (χ4v) is 5.29. The first-order valence-electron chi connectivity index (χ1n) is 15.0. The monoisotopic (exact) mass is 573 g/mol. The molecule has 3 aromatic rings. The van der Waals surface area contributed by atoms with E-state index in [0.717, 1.165) is 73.3 Å². The second-order valence-electron chi connectivity index (χ2n) is 12.3. The van der Waals surface area contributed by atoms with Crippen LogP contribution in [0.2, 0.25) is 0 Å². The zero-order valence-electron chi connectivity index (χ0n) is 25.3. The molecule has 2 N–H and O–H groups in total. The van der Waals surface area contributed by atoms with Gasteiger partial charge in [-0.25, -0.2) is 0 Å². The first-order valence-corrected chi connectivity index (χ1v) is 15.0. The van der Waals surface area contributed by atoms with Crippen LogP contribution in [-0.2, 0) is 21.4 Å². The van der Waals surface area contributed by atoms with Crippen molar-refractivity contribution in [3.8, 4) is 11.5 Å². The molecule has 42 heavy (non-hydrogen) atoms. The minimum Gasteiger partial charge on any atom is -0.494 e. The Bertz CT molecular complexity index is 1420. The molecular formula is C34H43N3O5. The average Bonchev–Trinajstić information content (AvgIpc) is 3.81. The van der Waals surface area contributed by atoms with E-state index in [4.69, 9.17) is 14.2 Å². The van der Waals surface area contributed by atoms with Crippen LogP contribution >= 0.6 is 0 Å². The largest absolute Gasteiger partial charge is 0.494 e. The molecule has 1 saturated heterocycles. The highest BCUT2D eigenvalue weighted by Gasteiger charge is 2.26. The molecule has 0 unspecified atom stereocenters. The molecule has 0 bridgehead atoms. The van der Waals surface area contributed by atoms with Crippen molar-refractivity contribution >= 4 is 28.3 Å². The van der Waals surface area contributed by atoms with Gasteiger partial charge in [0.2, 0.25) is 5.91 Å². The van der Waals surface area contributed by atoms with Gasteiger partial charge in [-0.2, -0.15) is 0 Å². The number of anilines is 1. The number of carbonyl (C=O) groups excluding carboxylic acids is 2. The summed E-state index contributed by atoms with van der Waals surface area (Å²) in [6.07, 6.45) is 2.47. The van der Waals surface area contributed by atoms with Gasteiger partial charge in [0.15, 0.2) is 5.75 Å². The van der Waals surface area contributed by atoms with E-state index in [9.17, 15) is 9.59 Å². The number of amides is 2. The number of benzene rings is 3. The van der Waals surface area contributed by atoms with Gasteiger partial charge in [-0.15, -0.1) is 0 Å². The molecule has 0 spiro atoms. The zero-order valence-corrected chi connectivity index (χ0v) is 25.3. The second-order valence-corrected chi connectivity index (χ2v) is 12.3. The van der Waals surface area contributed by atoms with Gasteiger partial charge in [-0.3, -0.25) is 14.5 Å². The number of rotatable bonds is 11. The van der Waals surface area contributed by atoms with E-state index in [1.807, 2.05) is 48.5 Å². The van der Waals surface area contributed by atoms with Crippen LogP contribution in [0.4, 0.5) is 5.69 Å². The van der Waals surface area contributed by atoms with Crippen molar-refractivity contribution in [2.45, 2.75) is 45.4 Å². The average molecular weight is 574 g/mol. The van der Waals surface area contributed by atoms with Gasteiger partial charge < -0.3 is 24.8 Å². The van der Waals surface area contributed by atoms with Crippen LogP contribution < -0.4 is 20.1 Å². The fraction of sp³-hybridized carbons (Fsp3) is 0.471. The van der Waals surface area contributed by atoms with Crippen LogP contribution in [0.1, 0.15) is 55.1 Å². The van der Waals surface area contributed by atoms with E-state index >= 15 is 0 Å². The number of carbonyl (C=O) groups is 2. The van der Waals surface area contributed by atoms with Crippen molar-refractivity contribution in [2.24, 2.45) is 5.92 Å². The van der Waals surface area contributed by atoms with E-state index in [-0.39, 0.29) is 23.7 Å². The summed E-state index contributed by atoms with van der Waals surface area (Å²) in [6.45, 7) is 11.7. The SMILES string of the molecule is COc1c(NC(=O)Cc2ccc(OCCN3CCOCC3)c3ccccc23)cc(C(C)(C)C)cc1C(=O)NCC1CC1. The Kier molecular flexibility index (Phi) is 9.34. The van der Waals surface area contributed by atoms with E-state index in [1.165, 1.54) is 7.11 Å². The lowest BCUT2D eigenvalue weighted by molar-refractivity contribution is -0.115. The summed E-state index contributed by atoms with van der Waals surface area (Å²) in [6, 6.07) is 15.7. The lowest BCUT2D eigenvalue weighted by Gasteiger charge is -2.26. The lowest BCUT2D eigenvalue weighted by atomic mass is 9.85. The van der Waals surface area contributed by atoms with Crippen LogP contribution in [0, 0.1) is 5.92 Å². The quantitative estimate of drug-likeness (QED) is 0.329. The third-order valence-corrected chi connectivity index (χ3v) is 8.02. The number of hydrogen-bond acceptors (Lipinski definition) is 6. The number of ether oxygens (including phenoxy) is 3. The molecule has 0 atom stereocenters. The first kappa shape index (κ1) is 29.9. The van der Waals surface area contributed by atoms with Crippen molar-refractivity contribution in [1.82, 2.24) is 10.2 Å². The Balaban J connectivity index is 1.34. The van der Waals surface area contributed by atoms with Crippen LogP contribution in [0.3, 0.4) is 0 Å². The second kappa shape index (κ2) is 13.1. The number of morpholine rings is 1. The number of methoxy groups -OCH3 is 1. The van der Waals surface area contributed by atoms with Gasteiger partial charge in [0.25, 0.3) is 5.91 Å². The van der Waals surface area contributed by atoms with Crippen LogP contribution in [0.15, 0.2) is 48.5 Å². The predicted octanol–water partition coefficient (Wildman–Crippen LogP) is 5.18. The van der Waals surface area contributed by atoms with Gasteiger partial charge in [-0.05, 0) is 58.9 Å². The summed E-state index contributed by atoms with van der Waals surface area (Å²) < 4.78 is 17.3. The van der Waals surface area contributed by atoms with Crippen molar-refractivity contribution < 1.29 is 23.8 Å². The molecule has 224 valence electrons. The van der Waals surface area contributed by atoms with Gasteiger partial charge >= 0.3 is 0 Å². The highest BCUT2D eigenvalue weighted by Crippen LogP contribution is 2.36. The molecule has 2 amide bonds. The summed E-state index contributed by atoms with van der Waals surface area (Å²) >= 11 is 0. The standard InChI is InChI=1S/C34H43N3O5/c1-34(2,3)25-20-28(33(39)35-22-23-9-10-23)32(40-4)29(21-25)36-31(38)19-24-11-12-30(27-8-6-5-7-26(24)27)42-18-15-37-13-16-41-17-14-37/h5-8,11-12,20-21,23H,9-10,13-19,22H2,1-4H3,(H,35,39)(H,36,38). The third-order valence-electron chi connectivity index (χ3n) is 8.02. The number of fused-ring (bicyclic) bond motifs is 1. The molecule has 8 nitrogen and oxygen atoms in total. The molecule has 1 aliphatic heterocycles. The number of nitrogens with one attached hydrogen (secondary N) is 2. The fourth-order valence-electron chi connectivity index (χ4n) is 5.29. The molecule has 1 aliphatic carbocycles. The Morgan fingerprint density at radius 3 is 2.45 bits per heavy atom. The Hall–Kier alpha value is -3.62. The molecule has 8 heteroatoms. The third kappa shape index (κ3) is 7.41. The minimum absolute atomic E-state index is 0.167. The highest BCUT2D eigenvalue weighted by atomic mass is 16.5. The maximum atomic E-state index is 13.5. The van der Waals surface area contributed by atoms with Crippen molar-refractivity contribution in [3.63, 3.8) is 0 Å². The zero-order chi connectivity index (χ0) is 29.7. The van der Waals surface area contributed by atoms with Crippen molar-refractivity contribution in [1.29, 1.82) is 0 Å². The summed E-state index contributed by atoms with van der Waals surface area (Å²) in [4.78, 5) is 29.0. The van der Waals surface area contributed by atoms with Crippen molar-refractivity contribution in [3.05, 3.63) is 65.2 Å². The number of nitrogens with zero attached hydrogens (tertiary/aromatic N) is 1. The first-order chi connectivity index (χ1) is 20.2. The summed E-state index contributed by atoms with van der Waals surface area (Å²) in [5, 5.41) is 8.05. The Morgan fingerprint density at radius 1 is 1.02 bits per heavy atom. The normalized spacial score (nSPS) is 15.8. The molecule has 1 saturated carbocycles. The van der Waals surface area contributed by atoms with Gasteiger partial charge in [0.05, 0.1) is 38.0 Å². The van der Waals surface area contributed by atoms with Crippen LogP contribution in [-0.4, -0.2) is 69.8 Å². The molecule has 1 heterocycles. The van der Waals surface area contributed by atoms with Gasteiger partial charge in [0, 0.05) is 31.6 Å². The minimum atomic E-state index is -0.231. The molecule has 3 aromatic carbocycles. The predicted molar refractivity (Wildman–Crippen MR) is 166 cm³/mol. The molecule has 2 aliphatic rings. The molecule has 0 radical (unpaired) electrons. The molecule has 0 aromatic heterocycles. The Morgan fingerprint density at radius 2 is 1.76 bits per heavy atom. The number of hydrogen-bond donors (Lipinski definition) is 2. The van der Waals surface area contributed by atoms with E-state index in [2.05, 4.69) is 36.3 Å². The molecule has 5 rings (SSSR count). The van der Waals surface area contributed by atoms with Crippen LogP contribution in [0.5, 0.6) is 11.5 Å². The summed E-state index contributed by atoms with van der Waals surface area (Å²) in [7, 11) is 1.53. The smallest absolute Gasteiger partial charge is 0.255 e. The van der Waals surface area contributed by atoms with E-state index in [0.29, 0.717) is 36.1 Å². The van der Waals surface area contributed by atoms with Gasteiger partial charge in [-0.1, -0.05) is 51.1 Å². The lowest BCUT2D eigenvalue weighted by Crippen LogP contribution is -2.38.